The molecule has 10 heteroatoms. The number of ether oxygens (including phenoxy) is 1. The Labute approximate surface area is 214 Å². The molecule has 2 aromatic rings. The molecule has 1 aliphatic rings. The fraction of sp³-hybridized carbons (Fsp3) is 0.462. The lowest BCUT2D eigenvalue weighted by molar-refractivity contribution is -0.133. The third kappa shape index (κ3) is 6.43. The van der Waals surface area contributed by atoms with Gasteiger partial charge in [0.15, 0.2) is 0 Å². The van der Waals surface area contributed by atoms with E-state index in [0.717, 1.165) is 22.8 Å². The minimum Gasteiger partial charge on any atom is -0.497 e. The van der Waals surface area contributed by atoms with Crippen LogP contribution < -0.4 is 10.1 Å². The fourth-order valence-electron chi connectivity index (χ4n) is 4.51. The summed E-state index contributed by atoms with van der Waals surface area (Å²) in [5, 5.41) is 2.58. The summed E-state index contributed by atoms with van der Waals surface area (Å²) in [5.74, 6) is -0.166. The maximum absolute atomic E-state index is 13.1. The average molecular weight is 517 g/mol. The molecular formula is C26H36N4O5S. The predicted octanol–water partition coefficient (Wildman–Crippen LogP) is 1.70. The van der Waals surface area contributed by atoms with Gasteiger partial charge < -0.3 is 19.9 Å². The Morgan fingerprint density at radius 1 is 1.06 bits per heavy atom. The average Bonchev–Trinajstić information content (AvgIpc) is 2.80. The third-order valence-corrected chi connectivity index (χ3v) is 8.38. The van der Waals surface area contributed by atoms with Gasteiger partial charge in [0.25, 0.3) is 0 Å². The molecule has 0 aromatic heterocycles. The van der Waals surface area contributed by atoms with Crippen LogP contribution in [0.2, 0.25) is 0 Å². The first-order chi connectivity index (χ1) is 16.9. The van der Waals surface area contributed by atoms with Crippen LogP contribution in [-0.2, 0) is 39.1 Å². The van der Waals surface area contributed by atoms with Crippen LogP contribution in [0.25, 0.3) is 0 Å². The van der Waals surface area contributed by atoms with Crippen molar-refractivity contribution in [1.82, 2.24) is 19.4 Å². The third-order valence-electron chi connectivity index (χ3n) is 6.28. The first-order valence-corrected chi connectivity index (χ1v) is 13.3. The number of nitrogens with one attached hydrogen (secondary N) is 1. The maximum atomic E-state index is 13.1. The van der Waals surface area contributed by atoms with Crippen LogP contribution in [0.15, 0.2) is 35.2 Å². The van der Waals surface area contributed by atoms with Crippen molar-refractivity contribution in [2.75, 3.05) is 47.9 Å². The molecule has 0 atom stereocenters. The van der Waals surface area contributed by atoms with Gasteiger partial charge in [-0.2, -0.15) is 4.31 Å². The first kappa shape index (κ1) is 27.6. The van der Waals surface area contributed by atoms with E-state index < -0.39 is 22.5 Å². The van der Waals surface area contributed by atoms with Gasteiger partial charge in [-0.3, -0.25) is 9.59 Å². The van der Waals surface area contributed by atoms with E-state index in [-0.39, 0.29) is 17.3 Å². The van der Waals surface area contributed by atoms with Crippen LogP contribution in [0, 0.1) is 13.8 Å². The molecule has 1 aliphatic heterocycles. The standard InChI is InChI=1S/C26H36N4O5S/c1-18-11-23(35-6)12-19(2)26(18)36(33,34)29(5)17-24(31)27-14-25(32)30-10-9-21-8-7-20(15-28(3)4)13-22(21)16-30/h7-8,11-13H,9-10,14-17H2,1-6H3,(H,27,31). The summed E-state index contributed by atoms with van der Waals surface area (Å²) in [6.45, 7) is 4.71. The maximum Gasteiger partial charge on any atom is 0.243 e. The van der Waals surface area contributed by atoms with Gasteiger partial charge in [0.1, 0.15) is 5.75 Å². The summed E-state index contributed by atoms with van der Waals surface area (Å²) >= 11 is 0. The summed E-state index contributed by atoms with van der Waals surface area (Å²) in [6.07, 6.45) is 0.763. The van der Waals surface area contributed by atoms with Crippen molar-refractivity contribution in [3.05, 3.63) is 58.1 Å². The van der Waals surface area contributed by atoms with Crippen molar-refractivity contribution in [3.63, 3.8) is 0 Å². The van der Waals surface area contributed by atoms with Gasteiger partial charge in [0.2, 0.25) is 21.8 Å². The van der Waals surface area contributed by atoms with E-state index in [1.807, 2.05) is 14.1 Å². The lowest BCUT2D eigenvalue weighted by Gasteiger charge is -2.29. The normalized spacial score (nSPS) is 13.6. The van der Waals surface area contributed by atoms with Gasteiger partial charge in [0, 0.05) is 26.7 Å². The molecule has 36 heavy (non-hydrogen) atoms. The lowest BCUT2D eigenvalue weighted by atomic mass is 9.97. The number of aryl methyl sites for hydroxylation is 2. The SMILES string of the molecule is COc1cc(C)c(S(=O)(=O)N(C)CC(=O)NCC(=O)N2CCc3ccc(CN(C)C)cc3C2)c(C)c1. The molecular weight excluding hydrogens is 480 g/mol. The molecule has 0 unspecified atom stereocenters. The monoisotopic (exact) mass is 516 g/mol. The molecule has 0 radical (unpaired) electrons. The van der Waals surface area contributed by atoms with Gasteiger partial charge in [0.05, 0.1) is 25.1 Å². The van der Waals surface area contributed by atoms with E-state index in [4.69, 9.17) is 4.74 Å². The summed E-state index contributed by atoms with van der Waals surface area (Å²) in [4.78, 5) is 29.3. The Bertz CT molecular complexity index is 1220. The number of sulfonamides is 1. The minimum atomic E-state index is -3.91. The number of benzene rings is 2. The van der Waals surface area contributed by atoms with Crippen LogP contribution in [0.1, 0.15) is 27.8 Å². The molecule has 9 nitrogen and oxygen atoms in total. The second kappa shape index (κ2) is 11.4. The molecule has 2 amide bonds. The van der Waals surface area contributed by atoms with Gasteiger partial charge in [-0.25, -0.2) is 8.42 Å². The van der Waals surface area contributed by atoms with Crippen LogP contribution in [0.4, 0.5) is 0 Å². The lowest BCUT2D eigenvalue weighted by Crippen LogP contribution is -2.45. The highest BCUT2D eigenvalue weighted by Gasteiger charge is 2.28. The minimum absolute atomic E-state index is 0.148. The van der Waals surface area contributed by atoms with E-state index in [2.05, 4.69) is 28.4 Å². The Kier molecular flexibility index (Phi) is 8.76. The van der Waals surface area contributed by atoms with Gasteiger partial charge in [-0.1, -0.05) is 18.2 Å². The zero-order valence-electron chi connectivity index (χ0n) is 21.9. The highest BCUT2D eigenvalue weighted by molar-refractivity contribution is 7.89. The van der Waals surface area contributed by atoms with Crippen molar-refractivity contribution in [2.24, 2.45) is 0 Å². The number of hydrogen-bond donors (Lipinski definition) is 1. The topological polar surface area (TPSA) is 99.3 Å². The second-order valence-electron chi connectivity index (χ2n) is 9.53. The van der Waals surface area contributed by atoms with E-state index >= 15 is 0 Å². The highest BCUT2D eigenvalue weighted by Crippen LogP contribution is 2.27. The van der Waals surface area contributed by atoms with E-state index in [1.165, 1.54) is 25.3 Å². The Morgan fingerprint density at radius 3 is 2.33 bits per heavy atom. The summed E-state index contributed by atoms with van der Waals surface area (Å²) in [6, 6.07) is 9.67. The molecule has 0 bridgehead atoms. The zero-order valence-corrected chi connectivity index (χ0v) is 22.7. The molecule has 1 heterocycles. The molecule has 0 fully saturated rings. The van der Waals surface area contributed by atoms with Crippen molar-refractivity contribution in [3.8, 4) is 5.75 Å². The largest absolute Gasteiger partial charge is 0.497 e. The second-order valence-corrected chi connectivity index (χ2v) is 11.5. The molecule has 1 N–H and O–H groups in total. The molecule has 0 saturated carbocycles. The van der Waals surface area contributed by atoms with Crippen molar-refractivity contribution >= 4 is 21.8 Å². The van der Waals surface area contributed by atoms with Crippen LogP contribution in [0.5, 0.6) is 5.75 Å². The Hall–Kier alpha value is -2.95. The van der Waals surface area contributed by atoms with E-state index in [0.29, 0.717) is 30.0 Å². The van der Waals surface area contributed by atoms with Crippen molar-refractivity contribution in [2.45, 2.75) is 38.3 Å². The Morgan fingerprint density at radius 2 is 1.72 bits per heavy atom. The number of fused-ring (bicyclic) bond motifs is 1. The number of methoxy groups -OCH3 is 1. The number of nitrogens with zero attached hydrogens (tertiary/aromatic N) is 3. The summed E-state index contributed by atoms with van der Waals surface area (Å²) in [7, 11) is 2.99. The molecule has 2 aromatic carbocycles. The van der Waals surface area contributed by atoms with E-state index in [1.54, 1.807) is 30.9 Å². The zero-order chi connectivity index (χ0) is 26.6. The quantitative estimate of drug-likeness (QED) is 0.545. The van der Waals surface area contributed by atoms with Gasteiger partial charge in [-0.05, 0) is 74.3 Å². The fourth-order valence-corrected chi connectivity index (χ4v) is 6.04. The molecule has 196 valence electrons. The summed E-state index contributed by atoms with van der Waals surface area (Å²) in [5.41, 5.74) is 4.62. The first-order valence-electron chi connectivity index (χ1n) is 11.8. The van der Waals surface area contributed by atoms with Crippen LogP contribution in [0.3, 0.4) is 0 Å². The number of hydrogen-bond acceptors (Lipinski definition) is 6. The predicted molar refractivity (Wildman–Crippen MR) is 138 cm³/mol. The number of amides is 2. The highest BCUT2D eigenvalue weighted by atomic mass is 32.2. The van der Waals surface area contributed by atoms with Crippen molar-refractivity contribution in [1.29, 1.82) is 0 Å². The summed E-state index contributed by atoms with van der Waals surface area (Å²) < 4.78 is 32.5. The van der Waals surface area contributed by atoms with Gasteiger partial charge >= 0.3 is 0 Å². The Balaban J connectivity index is 1.58. The smallest absolute Gasteiger partial charge is 0.243 e. The van der Waals surface area contributed by atoms with Crippen LogP contribution >= 0.6 is 0 Å². The number of carbonyl (C=O) groups excluding carboxylic acids is 2. The van der Waals surface area contributed by atoms with E-state index in [9.17, 15) is 18.0 Å². The number of likely N-dealkylation sites (N-methyl/N-ethyl adjacent to an activating group) is 1. The van der Waals surface area contributed by atoms with Gasteiger partial charge in [-0.15, -0.1) is 0 Å². The molecule has 0 aliphatic carbocycles. The van der Waals surface area contributed by atoms with Crippen LogP contribution in [-0.4, -0.2) is 82.2 Å². The number of carbonyl (C=O) groups is 2. The molecule has 3 rings (SSSR count). The van der Waals surface area contributed by atoms with Crippen molar-refractivity contribution < 1.29 is 22.7 Å². The molecule has 0 saturated heterocycles. The number of rotatable bonds is 9. The molecule has 0 spiro atoms.